The first-order valence-electron chi connectivity index (χ1n) is 35.3. The lowest BCUT2D eigenvalue weighted by molar-refractivity contribution is -0.258. The molecule has 0 aromatic heterocycles. The van der Waals surface area contributed by atoms with Crippen LogP contribution in [0.5, 0.6) is 11.5 Å². The molecule has 3 atom stereocenters. The van der Waals surface area contributed by atoms with E-state index < -0.39 is 83.0 Å². The van der Waals surface area contributed by atoms with Gasteiger partial charge in [0.1, 0.15) is 28.8 Å². The Bertz CT molecular complexity index is 3660. The maximum absolute atomic E-state index is 14.1. The van der Waals surface area contributed by atoms with Gasteiger partial charge in [0, 0.05) is 16.4 Å². The number of esters is 2. The lowest BCUT2D eigenvalue weighted by atomic mass is 9.50. The standard InChI is InChI=1S/C21H20F6O8S2.C17H28O2.C14H22O.C13H17F3O.C12H22O2/c1-4-18(2,3)17(29)11-15(28)13-9-10-16(14-8-6-5-7-12(13)14)35-37(33,34)21(26,27)19(22,23)20(24,25)36(30,31)32;1-5-16(2,3)15(18)19-17(4)13-7-11-6-12(9-13)10-14(17)8-11;1-6-11(2)12-7-9-13(10-8-12)15-14(3,4)5;1-4-9(2)10-5-7-11(8-6-10)12(3,17)13(14,15)16;1-4-12(2,3)11(13)14-10-8-6-5-7-9-10/h5-10H,4,11H2,1-3H3,(H,30,31,32);11-14H,5-10H2,1-4H3;7-11H,6H2,1-5H3;5-9,17H,4H2,1-3H3;10H,4-9H2,1-3H3/p-1. The molecule has 0 amide bonds. The Balaban J connectivity index is 0.000000288. The molecule has 576 valence electrons. The van der Waals surface area contributed by atoms with Crippen LogP contribution in [0, 0.1) is 39.9 Å². The number of carbonyl (C=O) groups is 4. The lowest BCUT2D eigenvalue weighted by Gasteiger charge is -2.59. The van der Waals surface area contributed by atoms with Gasteiger partial charge in [-0.1, -0.05) is 129 Å². The van der Waals surface area contributed by atoms with Crippen LogP contribution in [0.15, 0.2) is 84.9 Å². The number of hydrogen-bond donors (Lipinski definition) is 1. The van der Waals surface area contributed by atoms with Gasteiger partial charge in [-0.25, -0.2) is 8.42 Å². The molecule has 0 saturated heterocycles. The summed E-state index contributed by atoms with van der Waals surface area (Å²) < 4.78 is 197. The van der Waals surface area contributed by atoms with Gasteiger partial charge in [0.2, 0.25) is 0 Å². The monoisotopic (exact) mass is 1490 g/mol. The van der Waals surface area contributed by atoms with E-state index in [0.717, 1.165) is 74.3 Å². The third kappa shape index (κ3) is 21.5. The number of Topliss-reactive ketones (excluding diaryl/α,β-unsaturated/α-hetero) is 2. The molecule has 0 radical (unpaired) electrons. The van der Waals surface area contributed by atoms with Crippen LogP contribution in [-0.4, -0.2) is 89.9 Å². The largest absolute Gasteiger partial charge is 0.743 e. The van der Waals surface area contributed by atoms with Gasteiger partial charge >= 0.3 is 44.7 Å². The zero-order valence-electron chi connectivity index (χ0n) is 62.4. The maximum Gasteiger partial charge on any atom is 0.450 e. The van der Waals surface area contributed by atoms with Crippen LogP contribution >= 0.6 is 0 Å². The quantitative estimate of drug-likeness (QED) is 0.0183. The highest BCUT2D eigenvalue weighted by Gasteiger charge is 2.81. The highest BCUT2D eigenvalue weighted by atomic mass is 32.2. The van der Waals surface area contributed by atoms with Gasteiger partial charge in [0.25, 0.3) is 0 Å². The Morgan fingerprint density at radius 1 is 0.578 bits per heavy atom. The van der Waals surface area contributed by atoms with Gasteiger partial charge in [-0.15, -0.1) is 0 Å². The third-order valence-electron chi connectivity index (χ3n) is 21.2. The van der Waals surface area contributed by atoms with Crippen molar-refractivity contribution in [3.05, 3.63) is 107 Å². The SMILES string of the molecule is CCC(C)(C)C(=O)CC(=O)c1ccc(OS(=O)(=O)C(F)(F)C(F)(F)C(F)(F)S(=O)(=O)[O-])c2ccccc12.CCC(C)(C)C(=O)OC1(C)C2CC3CC(C2)CC1C3.CCC(C)(C)C(=O)OC1CCCCC1.CCC(C)c1ccc(C(C)(O)C(F)(F)F)cc1.CCC(C)c1ccc(OC(C)(C)C)cc1. The Morgan fingerprint density at radius 3 is 1.44 bits per heavy atom. The summed E-state index contributed by atoms with van der Waals surface area (Å²) in [6.07, 6.45) is 11.6. The van der Waals surface area contributed by atoms with Crippen molar-refractivity contribution in [2.45, 2.75) is 285 Å². The van der Waals surface area contributed by atoms with Crippen molar-refractivity contribution in [1.82, 2.24) is 0 Å². The molecular weight excluding hydrogens is 1380 g/mol. The smallest absolute Gasteiger partial charge is 0.450 e. The van der Waals surface area contributed by atoms with Crippen LogP contribution in [0.3, 0.4) is 0 Å². The van der Waals surface area contributed by atoms with Crippen LogP contribution in [-0.2, 0) is 49.7 Å². The van der Waals surface area contributed by atoms with Gasteiger partial charge in [0.15, 0.2) is 27.3 Å². The molecule has 4 aromatic carbocycles. The molecular formula is C77H108F9O14S2-. The lowest BCUT2D eigenvalue weighted by Crippen LogP contribution is -2.61. The fraction of sp³-hybridized carbons (Fsp3) is 0.662. The van der Waals surface area contributed by atoms with Crippen molar-refractivity contribution in [1.29, 1.82) is 0 Å². The van der Waals surface area contributed by atoms with Crippen molar-refractivity contribution in [2.75, 3.05) is 0 Å². The maximum atomic E-state index is 14.1. The van der Waals surface area contributed by atoms with Crippen molar-refractivity contribution in [2.24, 2.45) is 39.9 Å². The number of ketones is 2. The number of aliphatic hydroxyl groups is 1. The molecule has 4 bridgehead atoms. The summed E-state index contributed by atoms with van der Waals surface area (Å²) in [5.41, 5.74) is -2.53. The second-order valence-corrected chi connectivity index (χ2v) is 34.1. The predicted molar refractivity (Wildman–Crippen MR) is 375 cm³/mol. The van der Waals surface area contributed by atoms with E-state index in [4.69, 9.17) is 14.2 Å². The summed E-state index contributed by atoms with van der Waals surface area (Å²) in [5, 5.41) is -5.05. The molecule has 5 aliphatic carbocycles. The summed E-state index contributed by atoms with van der Waals surface area (Å²) in [6, 6.07) is 20.6. The van der Waals surface area contributed by atoms with Crippen LogP contribution < -0.4 is 8.92 Å². The van der Waals surface area contributed by atoms with Crippen molar-refractivity contribution in [3.8, 4) is 11.5 Å². The number of alkyl halides is 9. The molecule has 4 aromatic rings. The molecule has 25 heteroatoms. The summed E-state index contributed by atoms with van der Waals surface area (Å²) in [5.74, 6) is -4.56. The fourth-order valence-corrected chi connectivity index (χ4v) is 13.8. The van der Waals surface area contributed by atoms with Crippen LogP contribution in [0.25, 0.3) is 10.8 Å². The molecule has 5 saturated carbocycles. The second-order valence-electron chi connectivity index (χ2n) is 31.1. The molecule has 1 N–H and O–H groups in total. The number of halogens is 9. The Kier molecular flexibility index (Phi) is 29.7. The van der Waals surface area contributed by atoms with E-state index in [1.54, 1.807) is 32.9 Å². The molecule has 0 spiro atoms. The second kappa shape index (κ2) is 34.2. The number of ether oxygens (including phenoxy) is 3. The number of carbonyl (C=O) groups excluding carboxylic acids is 4. The first kappa shape index (κ1) is 88.6. The van der Waals surface area contributed by atoms with E-state index in [9.17, 15) is 85.2 Å². The van der Waals surface area contributed by atoms with E-state index in [1.807, 2.05) is 48.5 Å². The summed E-state index contributed by atoms with van der Waals surface area (Å²) in [4.78, 5) is 49.4. The highest BCUT2D eigenvalue weighted by Crippen LogP contribution is 2.60. The third-order valence-corrected chi connectivity index (χ3v) is 23.3. The number of benzene rings is 4. The molecule has 3 unspecified atom stereocenters. The Morgan fingerprint density at radius 2 is 1.02 bits per heavy atom. The number of rotatable bonds is 23. The normalized spacial score (nSPS) is 21.0. The van der Waals surface area contributed by atoms with Gasteiger partial charge in [-0.05, 0) is 234 Å². The number of fused-ring (bicyclic) bond motifs is 1. The zero-order chi connectivity index (χ0) is 78.0. The first-order chi connectivity index (χ1) is 46.6. The van der Waals surface area contributed by atoms with E-state index in [0.29, 0.717) is 36.2 Å². The minimum absolute atomic E-state index is 0.0185. The van der Waals surface area contributed by atoms with E-state index in [2.05, 4.69) is 76.9 Å². The molecule has 14 nitrogen and oxygen atoms in total. The average Bonchev–Trinajstić information content (AvgIpc) is 0.735. The zero-order valence-corrected chi connectivity index (χ0v) is 64.0. The molecule has 5 fully saturated rings. The predicted octanol–water partition coefficient (Wildman–Crippen LogP) is 20.3. The van der Waals surface area contributed by atoms with Crippen molar-refractivity contribution < 1.29 is 104 Å². The molecule has 0 aliphatic heterocycles. The van der Waals surface area contributed by atoms with Gasteiger partial charge in [-0.2, -0.15) is 47.9 Å². The average molecular weight is 1490 g/mol. The van der Waals surface area contributed by atoms with Gasteiger partial charge in [0.05, 0.1) is 17.3 Å². The molecule has 102 heavy (non-hydrogen) atoms. The summed E-state index contributed by atoms with van der Waals surface area (Å²) in [6.45, 7) is 34.6. The van der Waals surface area contributed by atoms with Crippen LogP contribution in [0.1, 0.15) is 266 Å². The van der Waals surface area contributed by atoms with E-state index in [1.165, 1.54) is 93.7 Å². The van der Waals surface area contributed by atoms with Crippen molar-refractivity contribution in [3.63, 3.8) is 0 Å². The van der Waals surface area contributed by atoms with Crippen molar-refractivity contribution >= 4 is 54.5 Å². The minimum Gasteiger partial charge on any atom is -0.743 e. The van der Waals surface area contributed by atoms with Crippen LogP contribution in [0.4, 0.5) is 39.5 Å². The molecule has 9 rings (SSSR count). The van der Waals surface area contributed by atoms with E-state index in [-0.39, 0.29) is 56.6 Å². The Hall–Kier alpha value is -5.79. The first-order valence-corrected chi connectivity index (χ1v) is 38.1. The Labute approximate surface area is 598 Å². The molecule has 5 aliphatic rings. The summed E-state index contributed by atoms with van der Waals surface area (Å²) in [7, 11) is -14.5. The topological polar surface area (TPSA) is 217 Å². The summed E-state index contributed by atoms with van der Waals surface area (Å²) >= 11 is 0. The van der Waals surface area contributed by atoms with Gasteiger partial charge < -0.3 is 28.1 Å². The minimum atomic E-state index is -7.45. The number of hydrogen-bond acceptors (Lipinski definition) is 14. The molecule has 0 heterocycles. The van der Waals surface area contributed by atoms with E-state index >= 15 is 0 Å². The van der Waals surface area contributed by atoms with Crippen LogP contribution in [0.2, 0.25) is 0 Å². The fourth-order valence-electron chi connectivity index (χ4n) is 12.3. The highest BCUT2D eigenvalue weighted by molar-refractivity contribution is 7.88. The van der Waals surface area contributed by atoms with Gasteiger partial charge in [-0.3, -0.25) is 19.2 Å².